The molecule has 1 amide bonds. The topological polar surface area (TPSA) is 62.2 Å². The Morgan fingerprint density at radius 2 is 2.17 bits per heavy atom. The van der Waals surface area contributed by atoms with E-state index in [9.17, 15) is 4.79 Å². The largest absolute Gasteiger partial charge is 0.396 e. The molecule has 0 radical (unpaired) electrons. The molecular formula is C13H22N2O2S. The molecule has 0 unspecified atom stereocenters. The molecule has 0 atom stereocenters. The number of amides is 1. The van der Waals surface area contributed by atoms with Crippen molar-refractivity contribution in [3.63, 3.8) is 0 Å². The van der Waals surface area contributed by atoms with Gasteiger partial charge < -0.3 is 10.4 Å². The van der Waals surface area contributed by atoms with Crippen LogP contribution in [-0.2, 0) is 0 Å². The average molecular weight is 270 g/mol. The molecule has 1 aromatic heterocycles. The third kappa shape index (κ3) is 3.53. The molecule has 0 fully saturated rings. The number of carbonyl (C=O) groups excluding carboxylic acids is 1. The van der Waals surface area contributed by atoms with Gasteiger partial charge in [-0.25, -0.2) is 4.98 Å². The minimum atomic E-state index is -0.0563. The van der Waals surface area contributed by atoms with Crippen LogP contribution >= 0.6 is 11.3 Å². The van der Waals surface area contributed by atoms with Crippen LogP contribution in [-0.4, -0.2) is 29.1 Å². The summed E-state index contributed by atoms with van der Waals surface area (Å²) in [5.74, 6) is -0.0563. The van der Waals surface area contributed by atoms with Crippen molar-refractivity contribution in [1.82, 2.24) is 10.3 Å². The van der Waals surface area contributed by atoms with Crippen LogP contribution in [0.25, 0.3) is 0 Å². The highest BCUT2D eigenvalue weighted by molar-refractivity contribution is 7.11. The van der Waals surface area contributed by atoms with Gasteiger partial charge in [-0.3, -0.25) is 4.79 Å². The van der Waals surface area contributed by atoms with Gasteiger partial charge in [-0.2, -0.15) is 0 Å². The van der Waals surface area contributed by atoms with Crippen molar-refractivity contribution in [2.45, 2.75) is 40.0 Å². The lowest BCUT2D eigenvalue weighted by Gasteiger charge is -2.31. The summed E-state index contributed by atoms with van der Waals surface area (Å²) in [6, 6.07) is 0. The Balaban J connectivity index is 2.63. The van der Waals surface area contributed by atoms with Gasteiger partial charge in [0.15, 0.2) is 0 Å². The minimum absolute atomic E-state index is 0.00298. The molecule has 1 rings (SSSR count). The monoisotopic (exact) mass is 270 g/mol. The molecule has 0 saturated heterocycles. The van der Waals surface area contributed by atoms with Gasteiger partial charge in [-0.1, -0.05) is 13.8 Å². The van der Waals surface area contributed by atoms with Crippen LogP contribution in [0, 0.1) is 12.3 Å². The molecule has 0 aliphatic rings. The summed E-state index contributed by atoms with van der Waals surface area (Å²) in [5.41, 5.74) is 2.46. The summed E-state index contributed by atoms with van der Waals surface area (Å²) in [4.78, 5) is 16.8. The van der Waals surface area contributed by atoms with Gasteiger partial charge in [-0.05, 0) is 31.6 Å². The van der Waals surface area contributed by atoms with Crippen molar-refractivity contribution in [3.05, 3.63) is 16.1 Å². The predicted molar refractivity (Wildman–Crippen MR) is 73.9 cm³/mol. The van der Waals surface area contributed by atoms with Crippen molar-refractivity contribution in [2.75, 3.05) is 13.2 Å². The van der Waals surface area contributed by atoms with Gasteiger partial charge >= 0.3 is 0 Å². The van der Waals surface area contributed by atoms with Crippen molar-refractivity contribution < 1.29 is 9.90 Å². The highest BCUT2D eigenvalue weighted by atomic mass is 32.1. The third-order valence-corrected chi connectivity index (χ3v) is 4.65. The van der Waals surface area contributed by atoms with E-state index in [1.54, 1.807) is 5.51 Å². The Kier molecular flexibility index (Phi) is 5.75. The van der Waals surface area contributed by atoms with Crippen LogP contribution in [0.15, 0.2) is 5.51 Å². The number of thiazole rings is 1. The van der Waals surface area contributed by atoms with Crippen molar-refractivity contribution in [3.8, 4) is 0 Å². The molecule has 0 aliphatic carbocycles. The summed E-state index contributed by atoms with van der Waals surface area (Å²) >= 11 is 1.36. The second-order valence-corrected chi connectivity index (χ2v) is 5.49. The van der Waals surface area contributed by atoms with Crippen molar-refractivity contribution in [2.24, 2.45) is 5.41 Å². The maximum atomic E-state index is 12.0. The highest BCUT2D eigenvalue weighted by Crippen LogP contribution is 2.29. The smallest absolute Gasteiger partial charge is 0.263 e. The SMILES string of the molecule is CCC(CC)(CCO)CNC(=O)c1scnc1C. The van der Waals surface area contributed by atoms with Crippen LogP contribution in [0.2, 0.25) is 0 Å². The minimum Gasteiger partial charge on any atom is -0.396 e. The van der Waals surface area contributed by atoms with Crippen LogP contribution in [0.1, 0.15) is 48.5 Å². The highest BCUT2D eigenvalue weighted by Gasteiger charge is 2.26. The molecule has 2 N–H and O–H groups in total. The Morgan fingerprint density at radius 3 is 2.61 bits per heavy atom. The molecule has 0 bridgehead atoms. The molecule has 4 nitrogen and oxygen atoms in total. The van der Waals surface area contributed by atoms with E-state index in [1.807, 2.05) is 6.92 Å². The molecule has 102 valence electrons. The maximum Gasteiger partial charge on any atom is 0.263 e. The van der Waals surface area contributed by atoms with E-state index in [1.165, 1.54) is 11.3 Å². The Labute approximate surface area is 112 Å². The third-order valence-electron chi connectivity index (χ3n) is 3.72. The summed E-state index contributed by atoms with van der Waals surface area (Å²) < 4.78 is 0. The number of aliphatic hydroxyl groups is 1. The number of aromatic nitrogens is 1. The second kappa shape index (κ2) is 6.85. The predicted octanol–water partition coefficient (Wildman–Crippen LogP) is 2.37. The molecule has 1 aromatic rings. The number of aryl methyl sites for hydroxylation is 1. The maximum absolute atomic E-state index is 12.0. The fourth-order valence-corrected chi connectivity index (χ4v) is 2.77. The first-order valence-corrected chi connectivity index (χ1v) is 7.25. The first-order chi connectivity index (χ1) is 8.58. The number of rotatable bonds is 7. The van der Waals surface area contributed by atoms with Crippen molar-refractivity contribution >= 4 is 17.2 Å². The van der Waals surface area contributed by atoms with Gasteiger partial charge in [0.2, 0.25) is 0 Å². The molecule has 1 heterocycles. The van der Waals surface area contributed by atoms with Gasteiger partial charge in [0, 0.05) is 13.2 Å². The Bertz CT molecular complexity index is 386. The lowest BCUT2D eigenvalue weighted by molar-refractivity contribution is 0.0910. The number of nitrogens with zero attached hydrogens (tertiary/aromatic N) is 1. The zero-order valence-corrected chi connectivity index (χ0v) is 12.1. The zero-order valence-electron chi connectivity index (χ0n) is 11.3. The second-order valence-electron chi connectivity index (χ2n) is 4.63. The van der Waals surface area contributed by atoms with E-state index < -0.39 is 0 Å². The molecule has 18 heavy (non-hydrogen) atoms. The molecule has 0 aromatic carbocycles. The van der Waals surface area contributed by atoms with Crippen LogP contribution in [0.3, 0.4) is 0 Å². The molecule has 0 spiro atoms. The Morgan fingerprint density at radius 1 is 1.50 bits per heavy atom. The molecular weight excluding hydrogens is 248 g/mol. The van der Waals surface area contributed by atoms with E-state index >= 15 is 0 Å². The van der Waals surface area contributed by atoms with E-state index in [-0.39, 0.29) is 17.9 Å². The standard InChI is InChI=1S/C13H22N2O2S/c1-4-13(5-2,6-7-16)8-14-12(17)11-10(3)15-9-18-11/h9,16H,4-8H2,1-3H3,(H,14,17). The molecule has 5 heteroatoms. The quantitative estimate of drug-likeness (QED) is 0.799. The first kappa shape index (κ1) is 15.1. The van der Waals surface area contributed by atoms with Gasteiger partial charge in [0.05, 0.1) is 11.2 Å². The van der Waals surface area contributed by atoms with Gasteiger partial charge in [0.25, 0.3) is 5.91 Å². The van der Waals surface area contributed by atoms with E-state index in [4.69, 9.17) is 5.11 Å². The lowest BCUT2D eigenvalue weighted by Crippen LogP contribution is -2.37. The number of aliphatic hydroxyl groups excluding tert-OH is 1. The summed E-state index contributed by atoms with van der Waals surface area (Å²) in [7, 11) is 0. The summed E-state index contributed by atoms with van der Waals surface area (Å²) in [5, 5.41) is 12.1. The Hall–Kier alpha value is -0.940. The van der Waals surface area contributed by atoms with E-state index in [0.717, 1.165) is 25.0 Å². The number of carbonyl (C=O) groups is 1. The molecule has 0 aliphatic heterocycles. The number of hydrogen-bond donors (Lipinski definition) is 2. The lowest BCUT2D eigenvalue weighted by atomic mass is 9.79. The number of nitrogens with one attached hydrogen (secondary N) is 1. The first-order valence-electron chi connectivity index (χ1n) is 6.37. The summed E-state index contributed by atoms with van der Waals surface area (Å²) in [6.07, 6.45) is 2.62. The van der Waals surface area contributed by atoms with E-state index in [2.05, 4.69) is 24.1 Å². The van der Waals surface area contributed by atoms with Gasteiger partial charge in [-0.15, -0.1) is 11.3 Å². The van der Waals surface area contributed by atoms with Gasteiger partial charge in [0.1, 0.15) is 4.88 Å². The fraction of sp³-hybridized carbons (Fsp3) is 0.692. The van der Waals surface area contributed by atoms with Crippen molar-refractivity contribution in [1.29, 1.82) is 0 Å². The van der Waals surface area contributed by atoms with Crippen LogP contribution in [0.4, 0.5) is 0 Å². The zero-order chi connectivity index (χ0) is 13.6. The van der Waals surface area contributed by atoms with Crippen LogP contribution in [0.5, 0.6) is 0 Å². The average Bonchev–Trinajstić information content (AvgIpc) is 2.80. The summed E-state index contributed by atoms with van der Waals surface area (Å²) in [6.45, 7) is 6.81. The fourth-order valence-electron chi connectivity index (χ4n) is 2.05. The van der Waals surface area contributed by atoms with E-state index in [0.29, 0.717) is 11.4 Å². The number of hydrogen-bond acceptors (Lipinski definition) is 4. The normalized spacial score (nSPS) is 11.6. The molecule has 0 saturated carbocycles. The van der Waals surface area contributed by atoms with Crippen LogP contribution < -0.4 is 5.32 Å².